The molecule has 2 saturated heterocycles. The molecule has 1 amide bonds. The molecule has 0 spiro atoms. The quantitative estimate of drug-likeness (QED) is 0.273. The highest BCUT2D eigenvalue weighted by Gasteiger charge is 2.45. The molecule has 1 saturated carbocycles. The number of nitrogens with zero attached hydrogens (tertiary/aromatic N) is 1. The number of Topliss-reactive ketones (excluding diaryl/α,β-unsaturated/α-hetero) is 1. The number of amides is 1. The number of aromatic nitrogens is 1. The Balaban J connectivity index is 1.11. The molecule has 2 aromatic rings. The molecule has 1 aromatic carbocycles. The van der Waals surface area contributed by atoms with Crippen molar-refractivity contribution in [2.45, 2.75) is 76.1 Å². The van der Waals surface area contributed by atoms with Crippen molar-refractivity contribution in [1.29, 1.82) is 0 Å². The highest BCUT2D eigenvalue weighted by atomic mass is 32.2. The van der Waals surface area contributed by atoms with E-state index in [1.165, 1.54) is 6.07 Å². The number of pyridine rings is 1. The van der Waals surface area contributed by atoms with E-state index >= 15 is 0 Å². The molecular weight excluding hydrogens is 533 g/mol. The molecule has 3 fully saturated rings. The molecule has 5 rings (SSSR count). The minimum Gasteiger partial charge on any atom is -0.490 e. The molecule has 3 N–H and O–H groups in total. The minimum atomic E-state index is -0.537. The Morgan fingerprint density at radius 1 is 1.12 bits per heavy atom. The van der Waals surface area contributed by atoms with E-state index in [0.717, 1.165) is 68.2 Å². The lowest BCUT2D eigenvalue weighted by Crippen LogP contribution is -2.38. The smallest absolute Gasteiger partial charge is 0.255 e. The van der Waals surface area contributed by atoms with Crippen LogP contribution in [-0.4, -0.2) is 70.7 Å². The maximum Gasteiger partial charge on any atom is 0.255 e. The Kier molecular flexibility index (Phi) is 9.59. The summed E-state index contributed by atoms with van der Waals surface area (Å²) in [6.45, 7) is 1.95. The Labute approximate surface area is 238 Å². The third-order valence-electron chi connectivity index (χ3n) is 8.00. The average Bonchev–Trinajstić information content (AvgIpc) is 3.73. The van der Waals surface area contributed by atoms with Crippen LogP contribution in [0.4, 0.5) is 4.39 Å². The largest absolute Gasteiger partial charge is 0.490 e. The van der Waals surface area contributed by atoms with E-state index in [1.807, 2.05) is 30.8 Å². The van der Waals surface area contributed by atoms with Crippen LogP contribution >= 0.6 is 11.8 Å². The van der Waals surface area contributed by atoms with E-state index in [9.17, 15) is 14.0 Å². The molecule has 8 nitrogen and oxygen atoms in total. The van der Waals surface area contributed by atoms with Gasteiger partial charge in [0.1, 0.15) is 24.3 Å². The molecule has 0 radical (unpaired) electrons. The molecule has 40 heavy (non-hydrogen) atoms. The number of ether oxygens (including phenoxy) is 2. The summed E-state index contributed by atoms with van der Waals surface area (Å²) in [5.74, 6) is 2.33. The summed E-state index contributed by atoms with van der Waals surface area (Å²) in [5.41, 5.74) is 1.67. The van der Waals surface area contributed by atoms with Crippen LogP contribution < -0.4 is 20.1 Å². The lowest BCUT2D eigenvalue weighted by Gasteiger charge is -2.29. The first-order valence-corrected chi connectivity index (χ1v) is 15.4. The van der Waals surface area contributed by atoms with E-state index in [4.69, 9.17) is 14.6 Å². The number of ketones is 1. The maximum absolute atomic E-state index is 14.0. The minimum absolute atomic E-state index is 0.00923. The lowest BCUT2D eigenvalue weighted by molar-refractivity contribution is 0.0912. The number of halogens is 1. The number of aryl methyl sites for hydroxylation is 1. The highest BCUT2D eigenvalue weighted by Crippen LogP contribution is 2.34. The van der Waals surface area contributed by atoms with E-state index < -0.39 is 5.82 Å². The Hall–Kier alpha value is -2.69. The van der Waals surface area contributed by atoms with Crippen molar-refractivity contribution in [3.63, 3.8) is 0 Å². The van der Waals surface area contributed by atoms with Gasteiger partial charge >= 0.3 is 0 Å². The van der Waals surface area contributed by atoms with Gasteiger partial charge < -0.3 is 25.2 Å². The van der Waals surface area contributed by atoms with Crippen molar-refractivity contribution >= 4 is 23.5 Å². The van der Waals surface area contributed by atoms with Crippen LogP contribution in [0.2, 0.25) is 0 Å². The molecule has 0 bridgehead atoms. The van der Waals surface area contributed by atoms with Gasteiger partial charge in [-0.05, 0) is 87.5 Å². The van der Waals surface area contributed by atoms with Crippen molar-refractivity contribution in [2.24, 2.45) is 5.92 Å². The number of carbonyl (C=O) groups excluding carboxylic acids is 2. The standard InChI is InChI=1S/C30H38FN3O5S/c1-18-2-7-26(38-11-10-35)23(14-18)29(37)33-21-5-3-19(4-6-21)15-25-27(34-25)28(36)24-16-20(31)17-32-30(24)39-22-8-12-40-13-9-22/h2,7,14,16-17,19,21-22,25,27,34-35H,3-6,8-13,15H2,1H3,(H,33,37). The van der Waals surface area contributed by atoms with Gasteiger partial charge in [0.05, 0.1) is 30.0 Å². The van der Waals surface area contributed by atoms with Crippen molar-refractivity contribution in [3.05, 3.63) is 53.0 Å². The summed E-state index contributed by atoms with van der Waals surface area (Å²) in [7, 11) is 0. The summed E-state index contributed by atoms with van der Waals surface area (Å²) in [5, 5.41) is 15.5. The molecule has 2 atom stereocenters. The van der Waals surface area contributed by atoms with Crippen LogP contribution in [0.5, 0.6) is 11.6 Å². The van der Waals surface area contributed by atoms with Crippen molar-refractivity contribution in [2.75, 3.05) is 24.7 Å². The number of thioether (sulfide) groups is 1. The number of nitrogens with one attached hydrogen (secondary N) is 2. The Morgan fingerprint density at radius 3 is 2.65 bits per heavy atom. The van der Waals surface area contributed by atoms with E-state index in [-0.39, 0.29) is 60.6 Å². The summed E-state index contributed by atoms with van der Waals surface area (Å²) in [4.78, 5) is 30.4. The second-order valence-corrected chi connectivity index (χ2v) is 12.3. The fraction of sp³-hybridized carbons (Fsp3) is 0.567. The number of aliphatic hydroxyl groups is 1. The van der Waals surface area contributed by atoms with E-state index in [1.54, 1.807) is 6.07 Å². The number of rotatable bonds is 11. The van der Waals surface area contributed by atoms with E-state index in [0.29, 0.717) is 17.2 Å². The Morgan fingerprint density at radius 2 is 1.90 bits per heavy atom. The molecule has 1 aliphatic carbocycles. The zero-order valence-corrected chi connectivity index (χ0v) is 23.7. The van der Waals surface area contributed by atoms with Crippen LogP contribution in [-0.2, 0) is 0 Å². The molecule has 216 valence electrons. The predicted molar refractivity (Wildman–Crippen MR) is 152 cm³/mol. The average molecular weight is 572 g/mol. The third-order valence-corrected chi connectivity index (χ3v) is 9.05. The van der Waals surface area contributed by atoms with Gasteiger partial charge in [0.25, 0.3) is 5.91 Å². The lowest BCUT2D eigenvalue weighted by atomic mass is 9.82. The van der Waals surface area contributed by atoms with Gasteiger partial charge in [-0.3, -0.25) is 9.59 Å². The number of aliphatic hydroxyl groups excluding tert-OH is 1. The summed E-state index contributed by atoms with van der Waals surface area (Å²) in [6.07, 6.45) is 7.44. The first kappa shape index (κ1) is 28.8. The van der Waals surface area contributed by atoms with Crippen molar-refractivity contribution in [3.8, 4) is 11.6 Å². The Bertz CT molecular complexity index is 1200. The van der Waals surface area contributed by atoms with Crippen LogP contribution in [0.25, 0.3) is 0 Å². The van der Waals surface area contributed by atoms with Gasteiger partial charge in [0.15, 0.2) is 5.78 Å². The van der Waals surface area contributed by atoms with Crippen molar-refractivity contribution in [1.82, 2.24) is 15.6 Å². The van der Waals surface area contributed by atoms with Crippen LogP contribution in [0.1, 0.15) is 71.2 Å². The molecule has 2 aliphatic heterocycles. The monoisotopic (exact) mass is 571 g/mol. The zero-order chi connectivity index (χ0) is 28.1. The van der Waals surface area contributed by atoms with Gasteiger partial charge in [-0.2, -0.15) is 11.8 Å². The molecule has 10 heteroatoms. The first-order valence-electron chi connectivity index (χ1n) is 14.3. The summed E-state index contributed by atoms with van der Waals surface area (Å²) in [6, 6.07) is 6.50. The third kappa shape index (κ3) is 7.33. The fourth-order valence-corrected chi connectivity index (χ4v) is 6.78. The fourth-order valence-electron chi connectivity index (χ4n) is 5.72. The number of hydrogen-bond acceptors (Lipinski definition) is 8. The SMILES string of the molecule is Cc1ccc(OCCO)c(C(=O)NC2CCC(CC3NC3C(=O)c3cc(F)cnc3OC3CCSCC3)CC2)c1. The predicted octanol–water partition coefficient (Wildman–Crippen LogP) is 4.08. The summed E-state index contributed by atoms with van der Waals surface area (Å²) >= 11 is 1.89. The topological polar surface area (TPSA) is 120 Å². The summed E-state index contributed by atoms with van der Waals surface area (Å²) < 4.78 is 25.6. The zero-order valence-electron chi connectivity index (χ0n) is 22.9. The molecule has 1 aromatic heterocycles. The van der Waals surface area contributed by atoms with Gasteiger partial charge in [-0.25, -0.2) is 9.37 Å². The van der Waals surface area contributed by atoms with Gasteiger partial charge in [0, 0.05) is 12.1 Å². The second kappa shape index (κ2) is 13.3. The van der Waals surface area contributed by atoms with Crippen LogP contribution in [0.15, 0.2) is 30.5 Å². The number of carbonyl (C=O) groups is 2. The highest BCUT2D eigenvalue weighted by molar-refractivity contribution is 7.99. The van der Waals surface area contributed by atoms with Gasteiger partial charge in [0.2, 0.25) is 5.88 Å². The van der Waals surface area contributed by atoms with E-state index in [2.05, 4.69) is 15.6 Å². The number of benzene rings is 1. The maximum atomic E-state index is 14.0. The molecule has 2 unspecified atom stereocenters. The molecule has 3 aliphatic rings. The van der Waals surface area contributed by atoms with Gasteiger partial charge in [-0.1, -0.05) is 11.6 Å². The second-order valence-electron chi connectivity index (χ2n) is 11.0. The van der Waals surface area contributed by atoms with Crippen LogP contribution in [0, 0.1) is 18.7 Å². The van der Waals surface area contributed by atoms with Gasteiger partial charge in [-0.15, -0.1) is 0 Å². The molecule has 3 heterocycles. The normalized spacial score (nSPS) is 24.8. The van der Waals surface area contributed by atoms with Crippen LogP contribution in [0.3, 0.4) is 0 Å². The number of hydrogen-bond donors (Lipinski definition) is 3. The van der Waals surface area contributed by atoms with Crippen molar-refractivity contribution < 1.29 is 28.6 Å². The first-order chi connectivity index (χ1) is 19.4. The molecular formula is C30H38FN3O5S.